The predicted octanol–water partition coefficient (Wildman–Crippen LogP) is 1.99. The SMILES string of the molecule is CN(C)[C@]1(c2ccccc2)CCN(c2ccnc3[nH]ncc23)C[C@H]1O. The molecule has 2 aromatic heterocycles. The Hall–Kier alpha value is -2.44. The first-order chi connectivity index (χ1) is 12.1. The Morgan fingerprint density at radius 3 is 2.76 bits per heavy atom. The summed E-state index contributed by atoms with van der Waals surface area (Å²) in [4.78, 5) is 8.69. The average Bonchev–Trinajstić information content (AvgIpc) is 3.11. The first kappa shape index (κ1) is 16.1. The zero-order valence-electron chi connectivity index (χ0n) is 14.6. The molecule has 1 aliphatic rings. The van der Waals surface area contributed by atoms with Gasteiger partial charge < -0.3 is 10.0 Å². The number of anilines is 1. The van der Waals surface area contributed by atoms with Crippen LogP contribution in [0, 0.1) is 0 Å². The van der Waals surface area contributed by atoms with Crippen molar-refractivity contribution >= 4 is 16.7 Å². The molecular weight excluding hydrogens is 314 g/mol. The highest BCUT2D eigenvalue weighted by Crippen LogP contribution is 2.39. The summed E-state index contributed by atoms with van der Waals surface area (Å²) in [6.45, 7) is 1.42. The summed E-state index contributed by atoms with van der Waals surface area (Å²) in [5, 5.41) is 19.2. The number of nitrogens with zero attached hydrogens (tertiary/aromatic N) is 4. The molecule has 2 atom stereocenters. The number of rotatable bonds is 3. The second-order valence-electron chi connectivity index (χ2n) is 6.86. The number of pyridine rings is 1. The van der Waals surface area contributed by atoms with Crippen molar-refractivity contribution in [1.29, 1.82) is 0 Å². The minimum atomic E-state index is -0.506. The predicted molar refractivity (Wildman–Crippen MR) is 98.5 cm³/mol. The maximum absolute atomic E-state index is 11.2. The third-order valence-corrected chi connectivity index (χ3v) is 5.45. The largest absolute Gasteiger partial charge is 0.389 e. The van der Waals surface area contributed by atoms with Crippen LogP contribution in [-0.4, -0.2) is 58.5 Å². The van der Waals surface area contributed by atoms with Crippen LogP contribution in [0.25, 0.3) is 11.0 Å². The first-order valence-corrected chi connectivity index (χ1v) is 8.57. The zero-order valence-corrected chi connectivity index (χ0v) is 14.6. The van der Waals surface area contributed by atoms with Crippen LogP contribution in [0.4, 0.5) is 5.69 Å². The molecule has 3 heterocycles. The number of β-amino-alcohol motifs (C(OH)–C–C–N with tert-alkyl or cyclic N) is 1. The van der Waals surface area contributed by atoms with Gasteiger partial charge in [0.1, 0.15) is 0 Å². The van der Waals surface area contributed by atoms with E-state index in [1.54, 1.807) is 12.4 Å². The van der Waals surface area contributed by atoms with Crippen LogP contribution in [-0.2, 0) is 5.54 Å². The average molecular weight is 337 g/mol. The van der Waals surface area contributed by atoms with Crippen LogP contribution in [0.1, 0.15) is 12.0 Å². The van der Waals surface area contributed by atoms with E-state index in [4.69, 9.17) is 0 Å². The van der Waals surface area contributed by atoms with Crippen LogP contribution in [0.2, 0.25) is 0 Å². The van der Waals surface area contributed by atoms with Crippen molar-refractivity contribution in [3.63, 3.8) is 0 Å². The highest BCUT2D eigenvalue weighted by molar-refractivity contribution is 5.88. The van der Waals surface area contributed by atoms with E-state index in [9.17, 15) is 5.11 Å². The lowest BCUT2D eigenvalue weighted by atomic mass is 9.77. The second-order valence-corrected chi connectivity index (χ2v) is 6.86. The zero-order chi connectivity index (χ0) is 17.4. The fraction of sp³-hybridized carbons (Fsp3) is 0.368. The van der Waals surface area contributed by atoms with E-state index in [1.807, 2.05) is 38.4 Å². The molecule has 0 spiro atoms. The Morgan fingerprint density at radius 1 is 1.24 bits per heavy atom. The minimum absolute atomic E-state index is 0.375. The molecule has 6 nitrogen and oxygen atoms in total. The molecule has 0 saturated carbocycles. The number of aliphatic hydroxyl groups is 1. The van der Waals surface area contributed by atoms with E-state index in [-0.39, 0.29) is 5.54 Å². The van der Waals surface area contributed by atoms with Gasteiger partial charge >= 0.3 is 0 Å². The number of aromatic amines is 1. The number of fused-ring (bicyclic) bond motifs is 1. The Balaban J connectivity index is 1.69. The molecule has 6 heteroatoms. The Kier molecular flexibility index (Phi) is 3.94. The molecule has 2 N–H and O–H groups in total. The van der Waals surface area contributed by atoms with E-state index in [0.29, 0.717) is 6.54 Å². The van der Waals surface area contributed by atoms with Gasteiger partial charge in [0.05, 0.1) is 28.9 Å². The molecule has 3 aromatic rings. The Morgan fingerprint density at radius 2 is 2.04 bits per heavy atom. The number of hydrogen-bond acceptors (Lipinski definition) is 5. The Bertz CT molecular complexity index is 862. The maximum atomic E-state index is 11.2. The van der Waals surface area contributed by atoms with Crippen molar-refractivity contribution < 1.29 is 5.11 Å². The maximum Gasteiger partial charge on any atom is 0.157 e. The summed E-state index contributed by atoms with van der Waals surface area (Å²) >= 11 is 0. The molecule has 0 amide bonds. The molecule has 0 bridgehead atoms. The lowest BCUT2D eigenvalue weighted by molar-refractivity contribution is -0.0244. The van der Waals surface area contributed by atoms with Gasteiger partial charge in [-0.2, -0.15) is 5.10 Å². The summed E-state index contributed by atoms with van der Waals surface area (Å²) in [5.41, 5.74) is 2.63. The molecular formula is C19H23N5O. The first-order valence-electron chi connectivity index (χ1n) is 8.57. The fourth-order valence-corrected chi connectivity index (χ4v) is 4.10. The molecule has 0 aliphatic carbocycles. The molecule has 25 heavy (non-hydrogen) atoms. The van der Waals surface area contributed by atoms with Crippen molar-refractivity contribution in [3.8, 4) is 0 Å². The second kappa shape index (κ2) is 6.13. The van der Waals surface area contributed by atoms with Gasteiger partial charge in [0.2, 0.25) is 0 Å². The third kappa shape index (κ3) is 2.49. The number of nitrogens with one attached hydrogen (secondary N) is 1. The molecule has 1 aromatic carbocycles. The molecule has 0 unspecified atom stereocenters. The quantitative estimate of drug-likeness (QED) is 0.765. The van der Waals surface area contributed by atoms with Gasteiger partial charge in [-0.3, -0.25) is 10.00 Å². The topological polar surface area (TPSA) is 68.3 Å². The number of H-pyrrole nitrogens is 1. The van der Waals surface area contributed by atoms with E-state index >= 15 is 0 Å². The lowest BCUT2D eigenvalue weighted by Crippen LogP contribution is -2.60. The van der Waals surface area contributed by atoms with Gasteiger partial charge in [0.15, 0.2) is 5.65 Å². The molecule has 1 aliphatic heterocycles. The van der Waals surface area contributed by atoms with Crippen molar-refractivity contribution in [1.82, 2.24) is 20.1 Å². The minimum Gasteiger partial charge on any atom is -0.389 e. The van der Waals surface area contributed by atoms with Crippen molar-refractivity contribution in [2.24, 2.45) is 0 Å². The molecule has 130 valence electrons. The van der Waals surface area contributed by atoms with Crippen molar-refractivity contribution in [2.45, 2.75) is 18.1 Å². The highest BCUT2D eigenvalue weighted by Gasteiger charge is 2.45. The smallest absolute Gasteiger partial charge is 0.157 e. The molecule has 1 saturated heterocycles. The summed E-state index contributed by atoms with van der Waals surface area (Å²) in [7, 11) is 4.10. The van der Waals surface area contributed by atoms with Gasteiger partial charge in [0.25, 0.3) is 0 Å². The molecule has 0 radical (unpaired) electrons. The number of piperidine rings is 1. The van der Waals surface area contributed by atoms with E-state index < -0.39 is 6.10 Å². The van der Waals surface area contributed by atoms with E-state index in [0.717, 1.165) is 35.2 Å². The van der Waals surface area contributed by atoms with Gasteiger partial charge in [-0.25, -0.2) is 4.98 Å². The normalized spacial score (nSPS) is 24.2. The Labute approximate surface area is 147 Å². The van der Waals surface area contributed by atoms with E-state index in [2.05, 4.69) is 37.1 Å². The number of aliphatic hydroxyl groups excluding tert-OH is 1. The van der Waals surface area contributed by atoms with E-state index in [1.165, 1.54) is 0 Å². The summed E-state index contributed by atoms with van der Waals surface area (Å²) in [6, 6.07) is 12.3. The summed E-state index contributed by atoms with van der Waals surface area (Å²) in [5.74, 6) is 0. The van der Waals surface area contributed by atoms with Gasteiger partial charge in [-0.1, -0.05) is 30.3 Å². The summed E-state index contributed by atoms with van der Waals surface area (Å²) < 4.78 is 0. The molecule has 4 rings (SSSR count). The van der Waals surface area contributed by atoms with Gasteiger partial charge in [0, 0.05) is 19.3 Å². The standard InChI is InChI=1S/C19H23N5O/c1-23(2)19(14-6-4-3-5-7-14)9-11-24(13-17(19)25)16-8-10-20-18-15(16)12-21-22-18/h3-8,10,12,17,25H,9,11,13H2,1-2H3,(H,20,21,22)/t17-,19+/m1/s1. The number of likely N-dealkylation sites (N-methyl/N-ethyl adjacent to an activating group) is 1. The number of benzene rings is 1. The van der Waals surface area contributed by atoms with Crippen molar-refractivity contribution in [2.75, 3.05) is 32.1 Å². The number of hydrogen-bond donors (Lipinski definition) is 2. The van der Waals surface area contributed by atoms with Crippen LogP contribution in [0.5, 0.6) is 0 Å². The monoisotopic (exact) mass is 337 g/mol. The van der Waals surface area contributed by atoms with Crippen LogP contribution in [0.15, 0.2) is 48.8 Å². The third-order valence-electron chi connectivity index (χ3n) is 5.45. The summed E-state index contributed by atoms with van der Waals surface area (Å²) in [6.07, 6.45) is 3.92. The number of aromatic nitrogens is 3. The lowest BCUT2D eigenvalue weighted by Gasteiger charge is -2.50. The van der Waals surface area contributed by atoms with Crippen LogP contribution in [0.3, 0.4) is 0 Å². The van der Waals surface area contributed by atoms with Crippen LogP contribution >= 0.6 is 0 Å². The molecule has 1 fully saturated rings. The van der Waals surface area contributed by atoms with Crippen molar-refractivity contribution in [3.05, 3.63) is 54.4 Å². The van der Waals surface area contributed by atoms with Gasteiger partial charge in [-0.15, -0.1) is 0 Å². The van der Waals surface area contributed by atoms with Crippen LogP contribution < -0.4 is 4.90 Å². The highest BCUT2D eigenvalue weighted by atomic mass is 16.3. The van der Waals surface area contributed by atoms with Gasteiger partial charge in [-0.05, 0) is 32.1 Å². The fourth-order valence-electron chi connectivity index (χ4n) is 4.10.